The van der Waals surface area contributed by atoms with Crippen molar-refractivity contribution in [3.05, 3.63) is 22.2 Å². The Balaban J connectivity index is 1.61. The highest BCUT2D eigenvalue weighted by molar-refractivity contribution is 9.10. The molecule has 5 nitrogen and oxygen atoms in total. The zero-order chi connectivity index (χ0) is 17.9. The lowest BCUT2D eigenvalue weighted by molar-refractivity contribution is -0.121. The van der Waals surface area contributed by atoms with Crippen LogP contribution < -0.4 is 14.9 Å². The maximum Gasteiger partial charge on any atom is 0.240 e. The minimum atomic E-state index is -0.0425. The lowest BCUT2D eigenvalue weighted by Crippen LogP contribution is -2.16. The summed E-state index contributed by atoms with van der Waals surface area (Å²) in [6.45, 7) is 2.46. The molecule has 1 heterocycles. The monoisotopic (exact) mass is 410 g/mol. The highest BCUT2D eigenvalue weighted by atomic mass is 79.9. The van der Waals surface area contributed by atoms with Crippen molar-refractivity contribution in [1.29, 1.82) is 0 Å². The molecule has 25 heavy (non-hydrogen) atoms. The Morgan fingerprint density at radius 3 is 2.48 bits per heavy atom. The van der Waals surface area contributed by atoms with Crippen LogP contribution in [0, 0.1) is 0 Å². The minimum absolute atomic E-state index is 0.0425. The van der Waals surface area contributed by atoms with E-state index in [-0.39, 0.29) is 12.7 Å². The molecule has 1 aromatic carbocycles. The summed E-state index contributed by atoms with van der Waals surface area (Å²) in [5, 5.41) is 4.03. The van der Waals surface area contributed by atoms with Crippen LogP contribution >= 0.6 is 15.9 Å². The van der Waals surface area contributed by atoms with Crippen LogP contribution in [0.2, 0.25) is 0 Å². The number of carbonyl (C=O) groups is 1. The molecule has 0 saturated heterocycles. The average molecular weight is 411 g/mol. The molecule has 1 aliphatic heterocycles. The number of carbonyl (C=O) groups excluding carboxylic acids is 1. The number of halogens is 1. The first-order valence-corrected chi connectivity index (χ1v) is 9.91. The van der Waals surface area contributed by atoms with Crippen molar-refractivity contribution in [2.75, 3.05) is 6.79 Å². The van der Waals surface area contributed by atoms with Gasteiger partial charge in [-0.1, -0.05) is 51.9 Å². The van der Waals surface area contributed by atoms with Gasteiger partial charge in [0.25, 0.3) is 0 Å². The molecule has 0 atom stereocenters. The second-order valence-corrected chi connectivity index (χ2v) is 7.10. The van der Waals surface area contributed by atoms with Crippen LogP contribution in [0.25, 0.3) is 0 Å². The fourth-order valence-electron chi connectivity index (χ4n) is 2.68. The maximum atomic E-state index is 11.8. The number of amides is 1. The molecule has 6 heteroatoms. The normalized spacial score (nSPS) is 12.7. The van der Waals surface area contributed by atoms with E-state index in [0.29, 0.717) is 17.9 Å². The smallest absolute Gasteiger partial charge is 0.240 e. The molecule has 1 N–H and O–H groups in total. The second kappa shape index (κ2) is 11.1. The van der Waals surface area contributed by atoms with Gasteiger partial charge in [-0.25, -0.2) is 5.43 Å². The largest absolute Gasteiger partial charge is 0.454 e. The van der Waals surface area contributed by atoms with Crippen molar-refractivity contribution >= 4 is 28.1 Å². The first-order chi connectivity index (χ1) is 12.2. The van der Waals surface area contributed by atoms with Crippen LogP contribution in [0.1, 0.15) is 70.3 Å². The number of hydrogen-bond acceptors (Lipinski definition) is 4. The van der Waals surface area contributed by atoms with Crippen molar-refractivity contribution in [2.24, 2.45) is 5.10 Å². The molecule has 0 bridgehead atoms. The molecule has 0 fully saturated rings. The SMILES string of the molecule is CCCCCCCCCCC(=O)NN=Cc1cc2c(cc1Br)OCO2. The predicted octanol–water partition coefficient (Wildman–Crippen LogP) is 5.16. The highest BCUT2D eigenvalue weighted by Crippen LogP contribution is 2.36. The van der Waals surface area contributed by atoms with Crippen molar-refractivity contribution < 1.29 is 14.3 Å². The summed E-state index contributed by atoms with van der Waals surface area (Å²) in [7, 11) is 0. The molecular formula is C19H27BrN2O3. The van der Waals surface area contributed by atoms with E-state index in [1.807, 2.05) is 12.1 Å². The van der Waals surface area contributed by atoms with Crippen molar-refractivity contribution in [1.82, 2.24) is 5.43 Å². The summed E-state index contributed by atoms with van der Waals surface area (Å²) in [4.78, 5) is 11.8. The third-order valence-electron chi connectivity index (χ3n) is 4.14. The van der Waals surface area contributed by atoms with Gasteiger partial charge in [-0.3, -0.25) is 4.79 Å². The number of fused-ring (bicyclic) bond motifs is 1. The van der Waals surface area contributed by atoms with Crippen LogP contribution in [0.3, 0.4) is 0 Å². The van der Waals surface area contributed by atoms with E-state index >= 15 is 0 Å². The number of nitrogens with zero attached hydrogens (tertiary/aromatic N) is 1. The summed E-state index contributed by atoms with van der Waals surface area (Å²) in [6, 6.07) is 3.67. The van der Waals surface area contributed by atoms with E-state index in [0.717, 1.165) is 22.9 Å². The summed E-state index contributed by atoms with van der Waals surface area (Å²) in [6.07, 6.45) is 11.9. The Bertz CT molecular complexity index is 590. The predicted molar refractivity (Wildman–Crippen MR) is 103 cm³/mol. The molecule has 0 aromatic heterocycles. The zero-order valence-electron chi connectivity index (χ0n) is 14.9. The molecule has 0 radical (unpaired) electrons. The van der Waals surface area contributed by atoms with Crippen LogP contribution in [-0.2, 0) is 4.79 Å². The van der Waals surface area contributed by atoms with Crippen LogP contribution in [0.4, 0.5) is 0 Å². The van der Waals surface area contributed by atoms with Gasteiger partial charge in [-0.15, -0.1) is 0 Å². The molecule has 2 rings (SSSR count). The van der Waals surface area contributed by atoms with Crippen LogP contribution in [0.15, 0.2) is 21.7 Å². The van der Waals surface area contributed by atoms with Crippen LogP contribution in [-0.4, -0.2) is 18.9 Å². The second-order valence-electron chi connectivity index (χ2n) is 6.25. The van der Waals surface area contributed by atoms with Gasteiger partial charge in [0.15, 0.2) is 11.5 Å². The number of ether oxygens (including phenoxy) is 2. The highest BCUT2D eigenvalue weighted by Gasteiger charge is 2.15. The van der Waals surface area contributed by atoms with E-state index in [1.54, 1.807) is 6.21 Å². The Morgan fingerprint density at radius 2 is 1.76 bits per heavy atom. The van der Waals surface area contributed by atoms with Gasteiger partial charge in [-0.2, -0.15) is 5.10 Å². The van der Waals surface area contributed by atoms with Gasteiger partial charge in [0.1, 0.15) is 0 Å². The van der Waals surface area contributed by atoms with Crippen molar-refractivity contribution in [3.8, 4) is 11.5 Å². The third-order valence-corrected chi connectivity index (χ3v) is 4.83. The van der Waals surface area contributed by atoms with Gasteiger partial charge >= 0.3 is 0 Å². The molecule has 0 unspecified atom stereocenters. The topological polar surface area (TPSA) is 59.9 Å². The summed E-state index contributed by atoms with van der Waals surface area (Å²) < 4.78 is 11.5. The summed E-state index contributed by atoms with van der Waals surface area (Å²) >= 11 is 3.46. The van der Waals surface area contributed by atoms with Gasteiger partial charge in [-0.05, 0) is 34.5 Å². The number of benzene rings is 1. The quantitative estimate of drug-likeness (QED) is 0.311. The Kier molecular flexibility index (Phi) is 8.80. The van der Waals surface area contributed by atoms with E-state index in [9.17, 15) is 4.79 Å². The molecule has 0 aliphatic carbocycles. The van der Waals surface area contributed by atoms with Crippen molar-refractivity contribution in [3.63, 3.8) is 0 Å². The van der Waals surface area contributed by atoms with Crippen LogP contribution in [0.5, 0.6) is 11.5 Å². The molecule has 138 valence electrons. The number of rotatable bonds is 11. The first kappa shape index (κ1) is 19.8. The fourth-order valence-corrected chi connectivity index (χ4v) is 3.11. The maximum absolute atomic E-state index is 11.8. The minimum Gasteiger partial charge on any atom is -0.454 e. The molecule has 0 spiro atoms. The molecule has 1 amide bonds. The number of unbranched alkanes of at least 4 members (excludes halogenated alkanes) is 7. The summed E-state index contributed by atoms with van der Waals surface area (Å²) in [5.74, 6) is 1.36. The molecule has 1 aliphatic rings. The Morgan fingerprint density at radius 1 is 1.12 bits per heavy atom. The van der Waals surface area contributed by atoms with E-state index in [1.165, 1.54) is 38.5 Å². The standard InChI is InChI=1S/C19H27BrN2O3/c1-2-3-4-5-6-7-8-9-10-19(23)22-21-13-15-11-17-18(12-16(15)20)25-14-24-17/h11-13H,2-10,14H2,1H3,(H,22,23). The number of hydrazone groups is 1. The van der Waals surface area contributed by atoms with Gasteiger partial charge < -0.3 is 9.47 Å². The Labute approximate surface area is 158 Å². The molecular weight excluding hydrogens is 384 g/mol. The zero-order valence-corrected chi connectivity index (χ0v) is 16.4. The molecule has 0 saturated carbocycles. The van der Waals surface area contributed by atoms with E-state index in [4.69, 9.17) is 9.47 Å². The summed E-state index contributed by atoms with van der Waals surface area (Å²) in [5.41, 5.74) is 3.41. The van der Waals surface area contributed by atoms with Gasteiger partial charge in [0.05, 0.1) is 6.21 Å². The van der Waals surface area contributed by atoms with Crippen molar-refractivity contribution in [2.45, 2.75) is 64.7 Å². The Hall–Kier alpha value is -1.56. The fraction of sp³-hybridized carbons (Fsp3) is 0.579. The van der Waals surface area contributed by atoms with Gasteiger partial charge in [0, 0.05) is 16.5 Å². The lowest BCUT2D eigenvalue weighted by Gasteiger charge is -2.03. The van der Waals surface area contributed by atoms with E-state index in [2.05, 4.69) is 33.4 Å². The average Bonchev–Trinajstić information content (AvgIpc) is 3.04. The number of hydrogen-bond donors (Lipinski definition) is 1. The third kappa shape index (κ3) is 7.06. The van der Waals surface area contributed by atoms with E-state index < -0.39 is 0 Å². The number of nitrogens with one attached hydrogen (secondary N) is 1. The first-order valence-electron chi connectivity index (χ1n) is 9.11. The lowest BCUT2D eigenvalue weighted by atomic mass is 10.1. The molecule has 1 aromatic rings. The van der Waals surface area contributed by atoms with Gasteiger partial charge in [0.2, 0.25) is 12.7 Å².